The Morgan fingerprint density at radius 2 is 2.05 bits per heavy atom. The van der Waals surface area contributed by atoms with E-state index < -0.39 is 0 Å². The van der Waals surface area contributed by atoms with Crippen molar-refractivity contribution in [2.24, 2.45) is 10.9 Å². The Morgan fingerprint density at radius 3 is 2.74 bits per heavy atom. The van der Waals surface area contributed by atoms with Crippen molar-refractivity contribution in [1.29, 1.82) is 0 Å². The van der Waals surface area contributed by atoms with Crippen LogP contribution in [-0.2, 0) is 13.1 Å². The summed E-state index contributed by atoms with van der Waals surface area (Å²) < 4.78 is 0. The average molecular weight is 275 g/mol. The van der Waals surface area contributed by atoms with Gasteiger partial charge in [0.1, 0.15) is 0 Å². The molecule has 5 heteroatoms. The summed E-state index contributed by atoms with van der Waals surface area (Å²) in [5.41, 5.74) is 7.44. The topological polar surface area (TPSA) is 70.6 Å². The number of nitrogens with two attached hydrogens (primary N) is 1. The van der Waals surface area contributed by atoms with Gasteiger partial charge in [-0.05, 0) is 24.6 Å². The number of hydrogen-bond donors (Lipinski definition) is 3. The second-order valence-electron chi connectivity index (χ2n) is 4.26. The summed E-state index contributed by atoms with van der Waals surface area (Å²) in [5.74, 6) is 0.143. The fraction of sp³-hybridized carbons (Fsp3) is 0.214. The summed E-state index contributed by atoms with van der Waals surface area (Å²) >= 11 is 1.79. The third-order valence-electron chi connectivity index (χ3n) is 2.81. The van der Waals surface area contributed by atoms with Crippen LogP contribution in [0.15, 0.2) is 41.6 Å². The van der Waals surface area contributed by atoms with Crippen molar-refractivity contribution in [1.82, 2.24) is 5.32 Å². The van der Waals surface area contributed by atoms with Gasteiger partial charge < -0.3 is 16.3 Å². The fourth-order valence-corrected chi connectivity index (χ4v) is 2.74. The minimum absolute atomic E-state index is 0.143. The Bertz CT molecular complexity index is 578. The molecule has 0 atom stereocenters. The second-order valence-corrected chi connectivity index (χ2v) is 5.63. The van der Waals surface area contributed by atoms with E-state index >= 15 is 0 Å². The van der Waals surface area contributed by atoms with Gasteiger partial charge in [-0.15, -0.1) is 11.3 Å². The molecule has 0 amide bonds. The average Bonchev–Trinajstić information content (AvgIpc) is 2.84. The molecule has 0 aliphatic carbocycles. The molecule has 4 nitrogen and oxygen atoms in total. The maximum Gasteiger partial charge on any atom is 0.170 e. The van der Waals surface area contributed by atoms with Gasteiger partial charge in [-0.25, -0.2) is 0 Å². The smallest absolute Gasteiger partial charge is 0.170 e. The first kappa shape index (κ1) is 13.6. The monoisotopic (exact) mass is 275 g/mol. The molecule has 4 N–H and O–H groups in total. The van der Waals surface area contributed by atoms with E-state index in [4.69, 9.17) is 10.9 Å². The molecule has 2 rings (SSSR count). The van der Waals surface area contributed by atoms with Gasteiger partial charge in [-0.3, -0.25) is 0 Å². The van der Waals surface area contributed by atoms with Crippen molar-refractivity contribution in [3.63, 3.8) is 0 Å². The molecule has 0 radical (unpaired) electrons. The highest BCUT2D eigenvalue weighted by atomic mass is 32.1. The molecular formula is C14H17N3OS. The van der Waals surface area contributed by atoms with Crippen LogP contribution in [0.2, 0.25) is 0 Å². The first-order valence-electron chi connectivity index (χ1n) is 6.02. The zero-order chi connectivity index (χ0) is 13.7. The molecule has 0 aliphatic heterocycles. The first-order chi connectivity index (χ1) is 9.20. The van der Waals surface area contributed by atoms with Gasteiger partial charge in [0.2, 0.25) is 0 Å². The number of aryl methyl sites for hydroxylation is 1. The molecule has 0 spiro atoms. The zero-order valence-electron chi connectivity index (χ0n) is 10.8. The standard InChI is InChI=1S/C14H17N3OS/c1-10-6-7-12(19-10)9-16-8-11-4-2-3-5-13(11)14(15)17-18/h2-7,16,18H,8-9H2,1H3,(H2,15,17). The number of rotatable bonds is 5. The Hall–Kier alpha value is -1.85. The van der Waals surface area contributed by atoms with Crippen molar-refractivity contribution in [2.45, 2.75) is 20.0 Å². The minimum atomic E-state index is 0.143. The molecule has 2 aromatic rings. The van der Waals surface area contributed by atoms with Crippen molar-refractivity contribution in [3.05, 3.63) is 57.3 Å². The van der Waals surface area contributed by atoms with Gasteiger partial charge in [0, 0.05) is 28.4 Å². The van der Waals surface area contributed by atoms with Crippen LogP contribution in [0.1, 0.15) is 20.9 Å². The van der Waals surface area contributed by atoms with Crippen LogP contribution >= 0.6 is 11.3 Å². The highest BCUT2D eigenvalue weighted by molar-refractivity contribution is 7.11. The number of hydrogen-bond acceptors (Lipinski definition) is 4. The molecule has 0 saturated carbocycles. The summed E-state index contributed by atoms with van der Waals surface area (Å²) in [5, 5.41) is 15.2. The lowest BCUT2D eigenvalue weighted by Crippen LogP contribution is -2.19. The number of nitrogens with one attached hydrogen (secondary N) is 1. The molecule has 0 aliphatic rings. The Morgan fingerprint density at radius 1 is 1.26 bits per heavy atom. The molecule has 1 heterocycles. The molecule has 19 heavy (non-hydrogen) atoms. The van der Waals surface area contributed by atoms with E-state index in [1.807, 2.05) is 24.3 Å². The van der Waals surface area contributed by atoms with Crippen LogP contribution in [0, 0.1) is 6.92 Å². The van der Waals surface area contributed by atoms with E-state index in [9.17, 15) is 0 Å². The van der Waals surface area contributed by atoms with Crippen LogP contribution in [-0.4, -0.2) is 11.0 Å². The Balaban J connectivity index is 2.00. The Labute approximate surface area is 116 Å². The van der Waals surface area contributed by atoms with E-state index in [-0.39, 0.29) is 5.84 Å². The highest BCUT2D eigenvalue weighted by Crippen LogP contribution is 2.15. The van der Waals surface area contributed by atoms with Crippen LogP contribution in [0.5, 0.6) is 0 Å². The van der Waals surface area contributed by atoms with E-state index in [0.29, 0.717) is 6.54 Å². The summed E-state index contributed by atoms with van der Waals surface area (Å²) in [6.07, 6.45) is 0. The van der Waals surface area contributed by atoms with Gasteiger partial charge in [0.15, 0.2) is 5.84 Å². The first-order valence-corrected chi connectivity index (χ1v) is 6.84. The van der Waals surface area contributed by atoms with E-state index in [0.717, 1.165) is 17.7 Å². The molecule has 0 fully saturated rings. The normalized spacial score (nSPS) is 11.7. The van der Waals surface area contributed by atoms with Gasteiger partial charge >= 0.3 is 0 Å². The summed E-state index contributed by atoms with van der Waals surface area (Å²) in [6.45, 7) is 3.61. The summed E-state index contributed by atoms with van der Waals surface area (Å²) in [7, 11) is 0. The van der Waals surface area contributed by atoms with Gasteiger partial charge in [-0.2, -0.15) is 0 Å². The largest absolute Gasteiger partial charge is 0.409 e. The lowest BCUT2D eigenvalue weighted by Gasteiger charge is -2.08. The summed E-state index contributed by atoms with van der Waals surface area (Å²) in [6, 6.07) is 11.9. The van der Waals surface area contributed by atoms with E-state index in [2.05, 4.69) is 29.5 Å². The molecule has 0 bridgehead atoms. The van der Waals surface area contributed by atoms with Crippen molar-refractivity contribution < 1.29 is 5.21 Å². The number of nitrogens with zero attached hydrogens (tertiary/aromatic N) is 1. The third-order valence-corrected chi connectivity index (χ3v) is 3.81. The molecule has 100 valence electrons. The van der Waals surface area contributed by atoms with Crippen molar-refractivity contribution >= 4 is 17.2 Å². The highest BCUT2D eigenvalue weighted by Gasteiger charge is 2.06. The predicted octanol–water partition coefficient (Wildman–Crippen LogP) is 2.44. The Kier molecular flexibility index (Phi) is 4.54. The SMILES string of the molecule is Cc1ccc(CNCc2ccccc2C(N)=NO)s1. The van der Waals surface area contributed by atoms with Gasteiger partial charge in [0.25, 0.3) is 0 Å². The maximum atomic E-state index is 8.76. The number of amidine groups is 1. The minimum Gasteiger partial charge on any atom is -0.409 e. The lowest BCUT2D eigenvalue weighted by atomic mass is 10.1. The van der Waals surface area contributed by atoms with Crippen LogP contribution < -0.4 is 11.1 Å². The third kappa shape index (κ3) is 3.56. The van der Waals surface area contributed by atoms with Crippen LogP contribution in [0.25, 0.3) is 0 Å². The van der Waals surface area contributed by atoms with Crippen molar-refractivity contribution in [3.8, 4) is 0 Å². The van der Waals surface area contributed by atoms with E-state index in [1.165, 1.54) is 9.75 Å². The zero-order valence-corrected chi connectivity index (χ0v) is 11.6. The number of benzene rings is 1. The molecule has 0 unspecified atom stereocenters. The second kappa shape index (κ2) is 6.36. The molecular weight excluding hydrogens is 258 g/mol. The number of thiophene rings is 1. The van der Waals surface area contributed by atoms with Crippen molar-refractivity contribution in [2.75, 3.05) is 0 Å². The van der Waals surface area contributed by atoms with Crippen LogP contribution in [0.4, 0.5) is 0 Å². The van der Waals surface area contributed by atoms with Crippen LogP contribution in [0.3, 0.4) is 0 Å². The predicted molar refractivity (Wildman–Crippen MR) is 78.6 cm³/mol. The summed E-state index contributed by atoms with van der Waals surface area (Å²) in [4.78, 5) is 2.62. The number of oxime groups is 1. The van der Waals surface area contributed by atoms with Gasteiger partial charge in [0.05, 0.1) is 0 Å². The van der Waals surface area contributed by atoms with Gasteiger partial charge in [-0.1, -0.05) is 29.4 Å². The molecule has 1 aromatic heterocycles. The fourth-order valence-electron chi connectivity index (χ4n) is 1.88. The lowest BCUT2D eigenvalue weighted by molar-refractivity contribution is 0.318. The maximum absolute atomic E-state index is 8.76. The molecule has 1 aromatic carbocycles. The quantitative estimate of drug-likeness (QED) is 0.340. The van der Waals surface area contributed by atoms with E-state index in [1.54, 1.807) is 11.3 Å². The molecule has 0 saturated heterocycles.